The van der Waals surface area contributed by atoms with Crippen LogP contribution in [0.1, 0.15) is 18.1 Å². The third kappa shape index (κ3) is 5.46. The number of hydrogen-bond donors (Lipinski definition) is 1. The number of amides is 1. The standard InChI is InChI=1S/C19H22ClNO3/c1-13-4-9-18(14(2)12-13)24-15(3)19(22)21-10-11-23-17-7-5-16(20)6-8-17/h4-9,12,15H,10-11H2,1-3H3,(H,21,22)/t15-/m0/s1. The maximum absolute atomic E-state index is 12.1. The van der Waals surface area contributed by atoms with Crippen molar-refractivity contribution in [3.05, 3.63) is 58.6 Å². The van der Waals surface area contributed by atoms with Crippen LogP contribution in [0.5, 0.6) is 11.5 Å². The molecule has 0 heterocycles. The molecule has 2 aromatic rings. The molecule has 0 aliphatic heterocycles. The van der Waals surface area contributed by atoms with Crippen LogP contribution in [-0.4, -0.2) is 25.2 Å². The normalized spacial score (nSPS) is 11.7. The third-order valence-electron chi connectivity index (χ3n) is 3.49. The third-order valence-corrected chi connectivity index (χ3v) is 3.74. The van der Waals surface area contributed by atoms with Crippen LogP contribution in [0.15, 0.2) is 42.5 Å². The van der Waals surface area contributed by atoms with Crippen molar-refractivity contribution < 1.29 is 14.3 Å². The Bertz CT molecular complexity index is 686. The van der Waals surface area contributed by atoms with Crippen LogP contribution >= 0.6 is 11.6 Å². The molecule has 0 fully saturated rings. The molecule has 0 aliphatic carbocycles. The van der Waals surface area contributed by atoms with Gasteiger partial charge < -0.3 is 14.8 Å². The van der Waals surface area contributed by atoms with E-state index in [4.69, 9.17) is 21.1 Å². The van der Waals surface area contributed by atoms with E-state index in [0.29, 0.717) is 23.9 Å². The van der Waals surface area contributed by atoms with E-state index in [-0.39, 0.29) is 5.91 Å². The summed E-state index contributed by atoms with van der Waals surface area (Å²) in [5.41, 5.74) is 2.18. The highest BCUT2D eigenvalue weighted by Crippen LogP contribution is 2.20. The summed E-state index contributed by atoms with van der Waals surface area (Å²) in [6.45, 7) is 6.50. The van der Waals surface area contributed by atoms with Crippen LogP contribution in [0.2, 0.25) is 5.02 Å². The fourth-order valence-electron chi connectivity index (χ4n) is 2.19. The van der Waals surface area contributed by atoms with Gasteiger partial charge in [-0.1, -0.05) is 29.3 Å². The second kappa shape index (κ2) is 8.60. The van der Waals surface area contributed by atoms with Gasteiger partial charge in [-0.05, 0) is 56.7 Å². The summed E-state index contributed by atoms with van der Waals surface area (Å²) in [5, 5.41) is 3.46. The molecular weight excluding hydrogens is 326 g/mol. The Morgan fingerprint density at radius 2 is 1.88 bits per heavy atom. The molecule has 0 spiro atoms. The predicted molar refractivity (Wildman–Crippen MR) is 96.0 cm³/mol. The van der Waals surface area contributed by atoms with Crippen molar-refractivity contribution in [3.8, 4) is 11.5 Å². The number of aryl methyl sites for hydroxylation is 2. The SMILES string of the molecule is Cc1ccc(O[C@@H](C)C(=O)NCCOc2ccc(Cl)cc2)c(C)c1. The summed E-state index contributed by atoms with van der Waals surface area (Å²) in [6, 6.07) is 13.0. The van der Waals surface area contributed by atoms with Gasteiger partial charge in [-0.2, -0.15) is 0 Å². The summed E-state index contributed by atoms with van der Waals surface area (Å²) >= 11 is 5.81. The zero-order valence-corrected chi connectivity index (χ0v) is 14.9. The highest BCUT2D eigenvalue weighted by atomic mass is 35.5. The molecule has 24 heavy (non-hydrogen) atoms. The van der Waals surface area contributed by atoms with Crippen molar-refractivity contribution in [1.82, 2.24) is 5.32 Å². The lowest BCUT2D eigenvalue weighted by Gasteiger charge is -2.16. The zero-order chi connectivity index (χ0) is 17.5. The van der Waals surface area contributed by atoms with Crippen LogP contribution in [0.4, 0.5) is 0 Å². The van der Waals surface area contributed by atoms with Gasteiger partial charge in [-0.25, -0.2) is 0 Å². The van der Waals surface area contributed by atoms with Crippen molar-refractivity contribution in [1.29, 1.82) is 0 Å². The summed E-state index contributed by atoms with van der Waals surface area (Å²) in [5.74, 6) is 1.27. The van der Waals surface area contributed by atoms with E-state index in [9.17, 15) is 4.79 Å². The lowest BCUT2D eigenvalue weighted by Crippen LogP contribution is -2.38. The van der Waals surface area contributed by atoms with Crippen molar-refractivity contribution >= 4 is 17.5 Å². The van der Waals surface area contributed by atoms with Crippen LogP contribution in [0.25, 0.3) is 0 Å². The quantitative estimate of drug-likeness (QED) is 0.772. The number of ether oxygens (including phenoxy) is 2. The van der Waals surface area contributed by atoms with Crippen LogP contribution < -0.4 is 14.8 Å². The molecule has 0 aliphatic rings. The number of carbonyl (C=O) groups is 1. The zero-order valence-electron chi connectivity index (χ0n) is 14.1. The maximum Gasteiger partial charge on any atom is 0.260 e. The van der Waals surface area contributed by atoms with Crippen LogP contribution in [-0.2, 0) is 4.79 Å². The average molecular weight is 348 g/mol. The molecule has 2 aromatic carbocycles. The summed E-state index contributed by atoms with van der Waals surface area (Å²) in [6.07, 6.45) is -0.568. The molecule has 4 nitrogen and oxygen atoms in total. The van der Waals surface area contributed by atoms with Gasteiger partial charge in [-0.15, -0.1) is 0 Å². The topological polar surface area (TPSA) is 47.6 Å². The summed E-state index contributed by atoms with van der Waals surface area (Å²) in [7, 11) is 0. The van der Waals surface area contributed by atoms with Crippen molar-refractivity contribution in [2.24, 2.45) is 0 Å². The first-order valence-electron chi connectivity index (χ1n) is 7.85. The number of carbonyl (C=O) groups excluding carboxylic acids is 1. The molecular formula is C19H22ClNO3. The molecule has 1 N–H and O–H groups in total. The average Bonchev–Trinajstić information content (AvgIpc) is 2.55. The Morgan fingerprint density at radius 3 is 2.54 bits per heavy atom. The lowest BCUT2D eigenvalue weighted by atomic mass is 10.1. The van der Waals surface area contributed by atoms with E-state index in [1.54, 1.807) is 31.2 Å². The minimum absolute atomic E-state index is 0.172. The Labute approximate surface area is 147 Å². The van der Waals surface area contributed by atoms with E-state index in [1.807, 2.05) is 32.0 Å². The molecule has 2 rings (SSSR count). The first kappa shape index (κ1) is 18.1. The molecule has 1 amide bonds. The van der Waals surface area contributed by atoms with E-state index in [1.165, 1.54) is 0 Å². The van der Waals surface area contributed by atoms with E-state index >= 15 is 0 Å². The highest BCUT2D eigenvalue weighted by molar-refractivity contribution is 6.30. The second-order valence-electron chi connectivity index (χ2n) is 5.62. The number of rotatable bonds is 7. The molecule has 1 atom stereocenters. The Kier molecular flexibility index (Phi) is 6.50. The smallest absolute Gasteiger partial charge is 0.260 e. The minimum Gasteiger partial charge on any atom is -0.492 e. The predicted octanol–water partition coefficient (Wildman–Crippen LogP) is 3.92. The molecule has 0 bridgehead atoms. The molecule has 5 heteroatoms. The van der Waals surface area contributed by atoms with Gasteiger partial charge in [0.25, 0.3) is 5.91 Å². The lowest BCUT2D eigenvalue weighted by molar-refractivity contribution is -0.127. The summed E-state index contributed by atoms with van der Waals surface area (Å²) < 4.78 is 11.3. The number of hydrogen-bond acceptors (Lipinski definition) is 3. The van der Waals surface area contributed by atoms with Crippen LogP contribution in [0.3, 0.4) is 0 Å². The van der Waals surface area contributed by atoms with Gasteiger partial charge in [0, 0.05) is 5.02 Å². The molecule has 0 saturated heterocycles. The van der Waals surface area contributed by atoms with Gasteiger partial charge in [0.15, 0.2) is 6.10 Å². The molecule has 0 aromatic heterocycles. The minimum atomic E-state index is -0.568. The number of nitrogens with one attached hydrogen (secondary N) is 1. The Balaban J connectivity index is 1.74. The largest absolute Gasteiger partial charge is 0.492 e. The van der Waals surface area contributed by atoms with Crippen molar-refractivity contribution in [2.45, 2.75) is 26.9 Å². The van der Waals surface area contributed by atoms with Crippen molar-refractivity contribution in [2.75, 3.05) is 13.2 Å². The fraction of sp³-hybridized carbons (Fsp3) is 0.316. The van der Waals surface area contributed by atoms with Gasteiger partial charge in [0.05, 0.1) is 6.54 Å². The Hall–Kier alpha value is -2.20. The second-order valence-corrected chi connectivity index (χ2v) is 6.06. The highest BCUT2D eigenvalue weighted by Gasteiger charge is 2.15. The number of benzene rings is 2. The maximum atomic E-state index is 12.1. The summed E-state index contributed by atoms with van der Waals surface area (Å²) in [4.78, 5) is 12.1. The molecule has 0 radical (unpaired) electrons. The fourth-order valence-corrected chi connectivity index (χ4v) is 2.32. The molecule has 128 valence electrons. The number of halogens is 1. The van der Waals surface area contributed by atoms with E-state index in [2.05, 4.69) is 5.32 Å². The van der Waals surface area contributed by atoms with E-state index < -0.39 is 6.10 Å². The first-order chi connectivity index (χ1) is 11.5. The van der Waals surface area contributed by atoms with Crippen LogP contribution in [0, 0.1) is 13.8 Å². The molecule has 0 saturated carbocycles. The van der Waals surface area contributed by atoms with Gasteiger partial charge >= 0.3 is 0 Å². The monoisotopic (exact) mass is 347 g/mol. The van der Waals surface area contributed by atoms with Gasteiger partial charge in [-0.3, -0.25) is 4.79 Å². The van der Waals surface area contributed by atoms with Crippen molar-refractivity contribution in [3.63, 3.8) is 0 Å². The van der Waals surface area contributed by atoms with E-state index in [0.717, 1.165) is 16.9 Å². The Morgan fingerprint density at radius 1 is 1.17 bits per heavy atom. The first-order valence-corrected chi connectivity index (χ1v) is 8.23. The van der Waals surface area contributed by atoms with Gasteiger partial charge in [0.2, 0.25) is 0 Å². The van der Waals surface area contributed by atoms with Gasteiger partial charge in [0.1, 0.15) is 18.1 Å². The molecule has 0 unspecified atom stereocenters.